The van der Waals surface area contributed by atoms with Crippen LogP contribution in [-0.4, -0.2) is 32.0 Å². The fourth-order valence-electron chi connectivity index (χ4n) is 2.78. The monoisotopic (exact) mass is 428 g/mol. The van der Waals surface area contributed by atoms with Gasteiger partial charge in [-0.05, 0) is 32.1 Å². The van der Waals surface area contributed by atoms with Gasteiger partial charge in [-0.1, -0.05) is 70.4 Å². The molecule has 2 N–H and O–H groups in total. The summed E-state index contributed by atoms with van der Waals surface area (Å²) in [6.07, 6.45) is 20.9. The van der Waals surface area contributed by atoms with Gasteiger partial charge in [0.05, 0.1) is 6.61 Å². The molecule has 0 rings (SSSR count). The van der Waals surface area contributed by atoms with E-state index in [9.17, 15) is 13.2 Å². The van der Waals surface area contributed by atoms with Crippen LogP contribution in [0.4, 0.5) is 0 Å². The molecule has 0 saturated heterocycles. The van der Waals surface area contributed by atoms with Gasteiger partial charge in [0, 0.05) is 13.0 Å². The van der Waals surface area contributed by atoms with E-state index in [1.165, 1.54) is 57.8 Å². The minimum absolute atomic E-state index is 0. The van der Waals surface area contributed by atoms with E-state index >= 15 is 0 Å². The van der Waals surface area contributed by atoms with E-state index in [1.807, 2.05) is 0 Å². The summed E-state index contributed by atoms with van der Waals surface area (Å²) in [5, 5.41) is 2.56. The van der Waals surface area contributed by atoms with Crippen molar-refractivity contribution in [1.82, 2.24) is 5.32 Å². The second kappa shape index (κ2) is 21.8. The molecule has 0 aliphatic carbocycles. The minimum atomic E-state index is -4.42. The molecule has 0 aromatic rings. The van der Waals surface area contributed by atoms with Crippen LogP contribution in [0.3, 0.4) is 0 Å². The molecular weight excluding hydrogens is 389 g/mol. The van der Waals surface area contributed by atoms with Crippen molar-refractivity contribution in [2.75, 3.05) is 13.2 Å². The summed E-state index contributed by atoms with van der Waals surface area (Å²) >= 11 is 0. The van der Waals surface area contributed by atoms with Crippen LogP contribution in [0.15, 0.2) is 12.2 Å². The smallest absolute Gasteiger partial charge is 0.354 e. The standard InChI is InChI=1S/C20H39NO5S.Na/c1-2-3-4-5-6-7-8-9-10-11-12-13-14-15-16-17-20(22)21-18-19-26-27(23,24)25;/h9-10H,2-8,11-19H2,1H3,(H,21,22)(H,23,24,25);/q;+1/b10-9-;. The van der Waals surface area contributed by atoms with E-state index in [2.05, 4.69) is 28.6 Å². The molecular formula is C20H39NNaO5S+. The first-order valence-electron chi connectivity index (χ1n) is 10.5. The normalized spacial score (nSPS) is 11.5. The van der Waals surface area contributed by atoms with Crippen LogP contribution >= 0.6 is 0 Å². The molecule has 0 aliphatic heterocycles. The maximum absolute atomic E-state index is 11.5. The van der Waals surface area contributed by atoms with Crippen molar-refractivity contribution in [3.05, 3.63) is 12.2 Å². The van der Waals surface area contributed by atoms with Crippen molar-refractivity contribution < 1.29 is 51.5 Å². The van der Waals surface area contributed by atoms with Crippen LogP contribution in [-0.2, 0) is 19.4 Å². The van der Waals surface area contributed by atoms with Crippen LogP contribution in [0.1, 0.15) is 96.8 Å². The first-order valence-corrected chi connectivity index (χ1v) is 11.9. The predicted molar refractivity (Wildman–Crippen MR) is 110 cm³/mol. The van der Waals surface area contributed by atoms with E-state index in [0.29, 0.717) is 6.42 Å². The molecule has 0 bridgehead atoms. The third-order valence-corrected chi connectivity index (χ3v) is 4.79. The van der Waals surface area contributed by atoms with Crippen molar-refractivity contribution >= 4 is 16.3 Å². The molecule has 0 atom stereocenters. The van der Waals surface area contributed by atoms with Gasteiger partial charge in [-0.15, -0.1) is 0 Å². The van der Waals surface area contributed by atoms with E-state index < -0.39 is 10.4 Å². The Labute approximate surface area is 194 Å². The maximum atomic E-state index is 11.5. The Kier molecular flexibility index (Phi) is 23.6. The van der Waals surface area contributed by atoms with E-state index in [4.69, 9.17) is 4.55 Å². The van der Waals surface area contributed by atoms with Gasteiger partial charge >= 0.3 is 40.0 Å². The Morgan fingerprint density at radius 3 is 1.93 bits per heavy atom. The molecule has 0 fully saturated rings. The number of allylic oxidation sites excluding steroid dienone is 2. The number of amides is 1. The largest absolute Gasteiger partial charge is 1.00 e. The zero-order valence-electron chi connectivity index (χ0n) is 18.0. The molecule has 160 valence electrons. The van der Waals surface area contributed by atoms with Crippen molar-refractivity contribution in [3.8, 4) is 0 Å². The van der Waals surface area contributed by atoms with Crippen molar-refractivity contribution in [1.29, 1.82) is 0 Å². The molecule has 0 saturated carbocycles. The Morgan fingerprint density at radius 1 is 0.893 bits per heavy atom. The van der Waals surface area contributed by atoms with Crippen LogP contribution in [0, 0.1) is 0 Å². The summed E-state index contributed by atoms with van der Waals surface area (Å²) in [4.78, 5) is 11.5. The Bertz CT molecular complexity index is 483. The summed E-state index contributed by atoms with van der Waals surface area (Å²) in [7, 11) is -4.42. The topological polar surface area (TPSA) is 92.7 Å². The van der Waals surface area contributed by atoms with Gasteiger partial charge in [0.15, 0.2) is 0 Å². The fourth-order valence-corrected chi connectivity index (χ4v) is 3.08. The fraction of sp³-hybridized carbons (Fsp3) is 0.850. The third-order valence-electron chi connectivity index (χ3n) is 4.32. The average molecular weight is 429 g/mol. The molecule has 0 heterocycles. The average Bonchev–Trinajstić information content (AvgIpc) is 2.61. The van der Waals surface area contributed by atoms with Crippen LogP contribution in [0.2, 0.25) is 0 Å². The molecule has 0 spiro atoms. The first kappa shape index (κ1) is 30.3. The number of unbranched alkanes of at least 4 members (excludes halogenated alkanes) is 11. The first-order chi connectivity index (χ1) is 13.0. The van der Waals surface area contributed by atoms with Crippen molar-refractivity contribution in [2.24, 2.45) is 0 Å². The third kappa shape index (κ3) is 26.1. The van der Waals surface area contributed by atoms with Crippen molar-refractivity contribution in [3.63, 3.8) is 0 Å². The molecule has 0 aliphatic rings. The summed E-state index contributed by atoms with van der Waals surface area (Å²) in [6, 6.07) is 0. The minimum Gasteiger partial charge on any atom is -0.354 e. The van der Waals surface area contributed by atoms with Crippen LogP contribution in [0.5, 0.6) is 0 Å². The van der Waals surface area contributed by atoms with Gasteiger partial charge in [-0.3, -0.25) is 9.35 Å². The molecule has 0 aromatic carbocycles. The van der Waals surface area contributed by atoms with E-state index in [-0.39, 0.29) is 48.6 Å². The van der Waals surface area contributed by atoms with Gasteiger partial charge < -0.3 is 5.32 Å². The Hall–Kier alpha value is 0.0800. The summed E-state index contributed by atoms with van der Waals surface area (Å²) in [5.41, 5.74) is 0. The predicted octanol–water partition coefficient (Wildman–Crippen LogP) is 1.96. The SMILES string of the molecule is CCCCCCCC/C=C\CCCCCCCC(=O)NCCOS(=O)(=O)O.[Na+]. The number of hydrogen-bond acceptors (Lipinski definition) is 4. The second-order valence-corrected chi connectivity index (χ2v) is 8.03. The zero-order chi connectivity index (χ0) is 20.2. The summed E-state index contributed by atoms with van der Waals surface area (Å²) in [6.45, 7) is 2.07. The quantitative estimate of drug-likeness (QED) is 0.142. The summed E-state index contributed by atoms with van der Waals surface area (Å²) in [5.74, 6) is -0.119. The number of rotatable bonds is 19. The second-order valence-electron chi connectivity index (χ2n) is 6.93. The maximum Gasteiger partial charge on any atom is 1.00 e. The van der Waals surface area contributed by atoms with Crippen molar-refractivity contribution in [2.45, 2.75) is 96.8 Å². The number of carbonyl (C=O) groups excluding carboxylic acids is 1. The molecule has 8 heteroatoms. The number of carbonyl (C=O) groups is 1. The molecule has 28 heavy (non-hydrogen) atoms. The van der Waals surface area contributed by atoms with E-state index in [0.717, 1.165) is 25.7 Å². The number of nitrogens with one attached hydrogen (secondary N) is 1. The molecule has 0 unspecified atom stereocenters. The van der Waals surface area contributed by atoms with Gasteiger partial charge in [-0.2, -0.15) is 8.42 Å². The molecule has 1 amide bonds. The van der Waals surface area contributed by atoms with Crippen LogP contribution in [0.25, 0.3) is 0 Å². The summed E-state index contributed by atoms with van der Waals surface area (Å²) < 4.78 is 33.1. The van der Waals surface area contributed by atoms with Gasteiger partial charge in [0.25, 0.3) is 0 Å². The van der Waals surface area contributed by atoms with E-state index in [1.54, 1.807) is 0 Å². The molecule has 6 nitrogen and oxygen atoms in total. The molecule has 0 radical (unpaired) electrons. The zero-order valence-corrected chi connectivity index (χ0v) is 20.8. The Morgan fingerprint density at radius 2 is 1.39 bits per heavy atom. The van der Waals surface area contributed by atoms with Crippen LogP contribution < -0.4 is 34.9 Å². The van der Waals surface area contributed by atoms with Gasteiger partial charge in [0.1, 0.15) is 0 Å². The Balaban J connectivity index is 0. The molecule has 0 aromatic heterocycles. The van der Waals surface area contributed by atoms with Gasteiger partial charge in [0.2, 0.25) is 5.91 Å². The number of hydrogen-bond donors (Lipinski definition) is 2. The van der Waals surface area contributed by atoms with Gasteiger partial charge in [-0.25, -0.2) is 4.18 Å².